The van der Waals surface area contributed by atoms with E-state index in [-0.39, 0.29) is 30.4 Å². The van der Waals surface area contributed by atoms with Crippen molar-refractivity contribution in [3.63, 3.8) is 0 Å². The van der Waals surface area contributed by atoms with Gasteiger partial charge in [0, 0.05) is 69.5 Å². The Hall–Kier alpha value is -3.46. The maximum atomic E-state index is 13.8. The number of carbonyl (C=O) groups excluding carboxylic acids is 1. The quantitative estimate of drug-likeness (QED) is 0.246. The van der Waals surface area contributed by atoms with E-state index in [2.05, 4.69) is 9.80 Å². The van der Waals surface area contributed by atoms with Crippen molar-refractivity contribution in [1.82, 2.24) is 19.0 Å². The number of sulfonamides is 1. The summed E-state index contributed by atoms with van der Waals surface area (Å²) in [5.74, 6) is -0.878. The molecule has 3 aromatic rings. The van der Waals surface area contributed by atoms with Crippen molar-refractivity contribution >= 4 is 15.9 Å². The highest BCUT2D eigenvalue weighted by Gasteiger charge is 2.41. The Morgan fingerprint density at radius 3 is 1.80 bits per heavy atom. The molecular weight excluding hydrogens is 694 g/mol. The summed E-state index contributed by atoms with van der Waals surface area (Å²) in [6.45, 7) is 4.08. The van der Waals surface area contributed by atoms with Gasteiger partial charge in [-0.3, -0.25) is 14.6 Å². The Labute approximate surface area is 294 Å². The lowest BCUT2D eigenvalue weighted by atomic mass is 9.90. The topological polar surface area (TPSA) is 64.2 Å². The predicted octanol–water partition coefficient (Wildman–Crippen LogP) is 6.55. The number of amides is 1. The molecule has 3 aromatic carbocycles. The number of carbonyl (C=O) groups is 1. The van der Waals surface area contributed by atoms with E-state index >= 15 is 0 Å². The summed E-state index contributed by atoms with van der Waals surface area (Å²) in [7, 11) is -3.47. The standard InChI is InChI=1S/C37H42F6N4O3S/c38-36(39,40)30-21-29(22-31(23-30)37(41,42)43)35(48)47-15-13-32(24-34(47)20-27-8-3-1-4-9-27)44-16-18-45(19-17-44)33-12-7-14-46(25-33)51(49,50)26-28-10-5-2-6-11-28/h1-6,8-11,21-23,32-34H,7,12-20,24-26H2. The van der Waals surface area contributed by atoms with Gasteiger partial charge in [0.05, 0.1) is 16.9 Å². The first-order chi connectivity index (χ1) is 24.2. The first-order valence-electron chi connectivity index (χ1n) is 17.3. The van der Waals surface area contributed by atoms with Gasteiger partial charge in [-0.15, -0.1) is 0 Å². The van der Waals surface area contributed by atoms with E-state index in [9.17, 15) is 39.6 Å². The third-order valence-electron chi connectivity index (χ3n) is 10.4. The SMILES string of the molecule is O=C(c1cc(C(F)(F)F)cc(C(F)(F)F)c1)N1CCC(N2CCN(C3CCCN(S(=O)(=O)Cc4ccccc4)C3)CC2)CC1Cc1ccccc1. The number of halogens is 6. The summed E-state index contributed by atoms with van der Waals surface area (Å²) in [6.07, 6.45) is -6.98. The van der Waals surface area contributed by atoms with Crippen molar-refractivity contribution < 1.29 is 39.6 Å². The summed E-state index contributed by atoms with van der Waals surface area (Å²) in [5.41, 5.74) is -1.98. The van der Waals surface area contributed by atoms with Gasteiger partial charge in [0.15, 0.2) is 0 Å². The second-order valence-electron chi connectivity index (χ2n) is 13.8. The van der Waals surface area contributed by atoms with Gasteiger partial charge in [0.25, 0.3) is 5.91 Å². The Balaban J connectivity index is 1.13. The molecule has 276 valence electrons. The minimum atomic E-state index is -5.05. The van der Waals surface area contributed by atoms with Crippen LogP contribution in [0.25, 0.3) is 0 Å². The van der Waals surface area contributed by atoms with Crippen LogP contribution >= 0.6 is 0 Å². The van der Waals surface area contributed by atoms with Gasteiger partial charge in [-0.2, -0.15) is 26.3 Å². The summed E-state index contributed by atoms with van der Waals surface area (Å²) in [6, 6.07) is 19.3. The van der Waals surface area contributed by atoms with E-state index in [0.29, 0.717) is 44.5 Å². The fraction of sp³-hybridized carbons (Fsp3) is 0.486. The van der Waals surface area contributed by atoms with Crippen LogP contribution in [0.3, 0.4) is 0 Å². The molecule has 3 aliphatic rings. The summed E-state index contributed by atoms with van der Waals surface area (Å²) >= 11 is 0. The molecule has 0 saturated carbocycles. The molecule has 3 unspecified atom stereocenters. The highest BCUT2D eigenvalue weighted by molar-refractivity contribution is 7.88. The number of likely N-dealkylation sites (tertiary alicyclic amines) is 1. The van der Waals surface area contributed by atoms with Crippen LogP contribution in [-0.2, 0) is 34.5 Å². The van der Waals surface area contributed by atoms with Crippen LogP contribution in [0.2, 0.25) is 0 Å². The second-order valence-corrected chi connectivity index (χ2v) is 15.8. The number of rotatable bonds is 8. The summed E-state index contributed by atoms with van der Waals surface area (Å²) in [4.78, 5) is 19.9. The van der Waals surface area contributed by atoms with Crippen LogP contribution in [-0.4, -0.2) is 97.3 Å². The number of piperidine rings is 2. The predicted molar refractivity (Wildman–Crippen MR) is 181 cm³/mol. The van der Waals surface area contributed by atoms with E-state index in [1.807, 2.05) is 60.7 Å². The van der Waals surface area contributed by atoms with Gasteiger partial charge in [0.2, 0.25) is 10.0 Å². The Bertz CT molecular complexity index is 1720. The smallest absolute Gasteiger partial charge is 0.335 e. The largest absolute Gasteiger partial charge is 0.416 e. The first-order valence-corrected chi connectivity index (χ1v) is 18.9. The zero-order valence-electron chi connectivity index (χ0n) is 28.1. The lowest BCUT2D eigenvalue weighted by Crippen LogP contribution is -2.59. The zero-order valence-corrected chi connectivity index (χ0v) is 28.9. The van der Waals surface area contributed by atoms with Crippen LogP contribution in [0.5, 0.6) is 0 Å². The lowest BCUT2D eigenvalue weighted by molar-refractivity contribution is -0.143. The molecule has 3 fully saturated rings. The number of alkyl halides is 6. The molecule has 0 aliphatic carbocycles. The van der Waals surface area contributed by atoms with Crippen LogP contribution in [0.1, 0.15) is 58.3 Å². The molecule has 1 amide bonds. The number of hydrogen-bond donors (Lipinski definition) is 0. The van der Waals surface area contributed by atoms with Crippen molar-refractivity contribution in [2.24, 2.45) is 0 Å². The molecule has 3 saturated heterocycles. The fourth-order valence-corrected chi connectivity index (χ4v) is 9.37. The van der Waals surface area contributed by atoms with Gasteiger partial charge in [0.1, 0.15) is 0 Å². The molecule has 6 rings (SSSR count). The monoisotopic (exact) mass is 736 g/mol. The molecule has 3 aliphatic heterocycles. The highest BCUT2D eigenvalue weighted by Crippen LogP contribution is 2.37. The van der Waals surface area contributed by atoms with E-state index in [4.69, 9.17) is 0 Å². The van der Waals surface area contributed by atoms with Gasteiger partial charge in [-0.05, 0) is 61.4 Å². The third-order valence-corrected chi connectivity index (χ3v) is 12.2. The average molecular weight is 737 g/mol. The number of piperazine rings is 1. The van der Waals surface area contributed by atoms with Gasteiger partial charge < -0.3 is 4.90 Å². The van der Waals surface area contributed by atoms with Crippen molar-refractivity contribution in [2.75, 3.05) is 45.8 Å². The van der Waals surface area contributed by atoms with Crippen LogP contribution in [0.4, 0.5) is 26.3 Å². The Morgan fingerprint density at radius 2 is 1.24 bits per heavy atom. The first kappa shape index (κ1) is 37.3. The molecule has 14 heteroatoms. The number of hydrogen-bond acceptors (Lipinski definition) is 5. The molecule has 3 heterocycles. The average Bonchev–Trinajstić information content (AvgIpc) is 3.11. The van der Waals surface area contributed by atoms with E-state index in [0.717, 1.165) is 50.1 Å². The minimum Gasteiger partial charge on any atom is -0.335 e. The van der Waals surface area contributed by atoms with Crippen molar-refractivity contribution in [2.45, 2.75) is 68.3 Å². The van der Waals surface area contributed by atoms with Gasteiger partial charge in [-0.1, -0.05) is 60.7 Å². The molecule has 3 atom stereocenters. The third kappa shape index (κ3) is 9.13. The summed E-state index contributed by atoms with van der Waals surface area (Å²) < 4.78 is 110. The van der Waals surface area contributed by atoms with E-state index in [1.165, 1.54) is 4.90 Å². The molecule has 0 aromatic heterocycles. The van der Waals surface area contributed by atoms with Crippen molar-refractivity contribution in [1.29, 1.82) is 0 Å². The minimum absolute atomic E-state index is 0.0308. The Kier molecular flexibility index (Phi) is 11.2. The maximum absolute atomic E-state index is 13.8. The molecular formula is C37H42F6N4O3S. The van der Waals surface area contributed by atoms with E-state index < -0.39 is 51.0 Å². The molecule has 0 radical (unpaired) electrons. The molecule has 7 nitrogen and oxygen atoms in total. The van der Waals surface area contributed by atoms with E-state index in [1.54, 1.807) is 4.31 Å². The zero-order chi connectivity index (χ0) is 36.4. The van der Waals surface area contributed by atoms with Crippen LogP contribution < -0.4 is 0 Å². The Morgan fingerprint density at radius 1 is 0.686 bits per heavy atom. The molecule has 0 spiro atoms. The molecule has 51 heavy (non-hydrogen) atoms. The summed E-state index contributed by atoms with van der Waals surface area (Å²) in [5, 5.41) is 0. The molecule has 0 bridgehead atoms. The van der Waals surface area contributed by atoms with Gasteiger partial charge in [-0.25, -0.2) is 12.7 Å². The molecule has 0 N–H and O–H groups in total. The fourth-order valence-electron chi connectivity index (χ4n) is 7.77. The van der Waals surface area contributed by atoms with Crippen molar-refractivity contribution in [3.8, 4) is 0 Å². The lowest BCUT2D eigenvalue weighted by Gasteiger charge is -2.48. The number of nitrogens with zero attached hydrogens (tertiary/aromatic N) is 4. The van der Waals surface area contributed by atoms with Crippen LogP contribution in [0.15, 0.2) is 78.9 Å². The van der Waals surface area contributed by atoms with Crippen molar-refractivity contribution in [3.05, 3.63) is 107 Å². The van der Waals surface area contributed by atoms with Gasteiger partial charge >= 0.3 is 12.4 Å². The number of benzene rings is 3. The normalized spacial score (nSPS) is 23.3. The second kappa shape index (κ2) is 15.3. The highest BCUT2D eigenvalue weighted by atomic mass is 32.2. The van der Waals surface area contributed by atoms with Crippen LogP contribution in [0, 0.1) is 0 Å². The maximum Gasteiger partial charge on any atom is 0.416 e.